The van der Waals surface area contributed by atoms with E-state index in [1.807, 2.05) is 30.3 Å². The molecule has 2 rings (SSSR count). The number of fused-ring (bicyclic) bond motifs is 1. The van der Waals surface area contributed by atoms with Crippen molar-refractivity contribution in [3.05, 3.63) is 36.0 Å². The summed E-state index contributed by atoms with van der Waals surface area (Å²) in [7, 11) is 0. The standard InChI is InChI=1S/C17H25N3O2/c1-2-5-13(8-9-21)11-18-17(22)19-12-15-10-14-6-3-4-7-16(14)20-15/h3-4,6-7,10,13,20-21H,2,5,8-9,11-12H2,1H3,(H2,18,19,22). The third-order valence-electron chi connectivity index (χ3n) is 3.81. The number of carbonyl (C=O) groups excluding carboxylic acids is 1. The smallest absolute Gasteiger partial charge is 0.315 e. The number of nitrogens with one attached hydrogen (secondary N) is 3. The first kappa shape index (κ1) is 16.4. The highest BCUT2D eigenvalue weighted by Gasteiger charge is 2.09. The van der Waals surface area contributed by atoms with Gasteiger partial charge in [-0.3, -0.25) is 0 Å². The van der Waals surface area contributed by atoms with Crippen LogP contribution in [0.5, 0.6) is 0 Å². The number of urea groups is 1. The fourth-order valence-electron chi connectivity index (χ4n) is 2.64. The Morgan fingerprint density at radius 1 is 1.27 bits per heavy atom. The third kappa shape index (κ3) is 4.77. The summed E-state index contributed by atoms with van der Waals surface area (Å²) in [5, 5.41) is 15.9. The van der Waals surface area contributed by atoms with Gasteiger partial charge in [0, 0.05) is 24.4 Å². The fraction of sp³-hybridized carbons (Fsp3) is 0.471. The number of rotatable bonds is 8. The molecule has 1 aromatic heterocycles. The molecule has 0 aliphatic carbocycles. The molecule has 0 bridgehead atoms. The summed E-state index contributed by atoms with van der Waals surface area (Å²) in [6.07, 6.45) is 2.81. The lowest BCUT2D eigenvalue weighted by Crippen LogP contribution is -2.38. The van der Waals surface area contributed by atoms with Gasteiger partial charge in [0.25, 0.3) is 0 Å². The molecular formula is C17H25N3O2. The number of aliphatic hydroxyl groups is 1. The van der Waals surface area contributed by atoms with Crippen molar-refractivity contribution >= 4 is 16.9 Å². The average molecular weight is 303 g/mol. The van der Waals surface area contributed by atoms with Crippen molar-refractivity contribution in [2.75, 3.05) is 13.2 Å². The summed E-state index contributed by atoms with van der Waals surface area (Å²) in [5.41, 5.74) is 2.06. The van der Waals surface area contributed by atoms with E-state index in [-0.39, 0.29) is 12.6 Å². The highest BCUT2D eigenvalue weighted by molar-refractivity contribution is 5.80. The Balaban J connectivity index is 1.77. The molecule has 1 aromatic carbocycles. The lowest BCUT2D eigenvalue weighted by Gasteiger charge is -2.15. The van der Waals surface area contributed by atoms with Crippen molar-refractivity contribution in [2.24, 2.45) is 5.92 Å². The number of carbonyl (C=O) groups is 1. The number of amides is 2. The summed E-state index contributed by atoms with van der Waals surface area (Å²) in [4.78, 5) is 15.1. The lowest BCUT2D eigenvalue weighted by atomic mass is 10.0. The van der Waals surface area contributed by atoms with Gasteiger partial charge < -0.3 is 20.7 Å². The zero-order valence-corrected chi connectivity index (χ0v) is 13.1. The molecule has 0 radical (unpaired) electrons. The third-order valence-corrected chi connectivity index (χ3v) is 3.81. The molecule has 4 N–H and O–H groups in total. The molecule has 1 heterocycles. The minimum Gasteiger partial charge on any atom is -0.396 e. The van der Waals surface area contributed by atoms with Gasteiger partial charge in [-0.2, -0.15) is 0 Å². The molecule has 1 atom stereocenters. The van der Waals surface area contributed by atoms with Crippen LogP contribution in [0.4, 0.5) is 4.79 Å². The topological polar surface area (TPSA) is 77.2 Å². The van der Waals surface area contributed by atoms with Crippen LogP contribution in [0.1, 0.15) is 31.9 Å². The maximum atomic E-state index is 11.8. The molecule has 5 heteroatoms. The van der Waals surface area contributed by atoms with Gasteiger partial charge in [0.1, 0.15) is 0 Å². The predicted molar refractivity (Wildman–Crippen MR) is 88.6 cm³/mol. The number of benzene rings is 1. The van der Waals surface area contributed by atoms with Crippen molar-refractivity contribution in [1.29, 1.82) is 0 Å². The van der Waals surface area contributed by atoms with E-state index in [9.17, 15) is 4.79 Å². The van der Waals surface area contributed by atoms with Crippen LogP contribution < -0.4 is 10.6 Å². The van der Waals surface area contributed by atoms with E-state index in [2.05, 4.69) is 22.5 Å². The highest BCUT2D eigenvalue weighted by Crippen LogP contribution is 2.14. The molecule has 0 aliphatic heterocycles. The Morgan fingerprint density at radius 2 is 2.09 bits per heavy atom. The SMILES string of the molecule is CCCC(CCO)CNC(=O)NCc1cc2ccccc2[nH]1. The Kier molecular flexibility index (Phi) is 6.27. The minimum absolute atomic E-state index is 0.169. The molecule has 0 saturated carbocycles. The van der Waals surface area contributed by atoms with E-state index in [4.69, 9.17) is 5.11 Å². The van der Waals surface area contributed by atoms with Crippen molar-refractivity contribution in [3.63, 3.8) is 0 Å². The van der Waals surface area contributed by atoms with Crippen LogP contribution in [0.25, 0.3) is 10.9 Å². The molecule has 2 amide bonds. The van der Waals surface area contributed by atoms with E-state index >= 15 is 0 Å². The summed E-state index contributed by atoms with van der Waals surface area (Å²) >= 11 is 0. The maximum absolute atomic E-state index is 11.8. The second-order valence-corrected chi connectivity index (χ2v) is 5.61. The van der Waals surface area contributed by atoms with Crippen LogP contribution in [0, 0.1) is 5.92 Å². The van der Waals surface area contributed by atoms with E-state index in [0.717, 1.165) is 35.9 Å². The second-order valence-electron chi connectivity index (χ2n) is 5.61. The quantitative estimate of drug-likeness (QED) is 0.605. The summed E-state index contributed by atoms with van der Waals surface area (Å²) in [6, 6.07) is 9.91. The first-order chi connectivity index (χ1) is 10.7. The first-order valence-electron chi connectivity index (χ1n) is 7.92. The predicted octanol–water partition coefficient (Wildman–Crippen LogP) is 2.77. The van der Waals surface area contributed by atoms with Crippen LogP contribution in [-0.2, 0) is 6.54 Å². The van der Waals surface area contributed by atoms with Crippen LogP contribution >= 0.6 is 0 Å². The number of hydrogen-bond donors (Lipinski definition) is 4. The number of H-pyrrole nitrogens is 1. The van der Waals surface area contributed by atoms with E-state index in [1.165, 1.54) is 0 Å². The number of aromatic amines is 1. The van der Waals surface area contributed by atoms with Gasteiger partial charge in [-0.15, -0.1) is 0 Å². The van der Waals surface area contributed by atoms with Crippen molar-refractivity contribution in [2.45, 2.75) is 32.7 Å². The molecule has 2 aromatic rings. The molecule has 0 saturated heterocycles. The number of hydrogen-bond acceptors (Lipinski definition) is 2. The Labute approximate surface area is 131 Å². The first-order valence-corrected chi connectivity index (χ1v) is 7.92. The van der Waals surface area contributed by atoms with Crippen molar-refractivity contribution in [3.8, 4) is 0 Å². The van der Waals surface area contributed by atoms with Crippen LogP contribution in [-0.4, -0.2) is 29.3 Å². The van der Waals surface area contributed by atoms with Gasteiger partial charge in [-0.25, -0.2) is 4.79 Å². The molecule has 5 nitrogen and oxygen atoms in total. The zero-order chi connectivity index (χ0) is 15.8. The molecular weight excluding hydrogens is 278 g/mol. The Hall–Kier alpha value is -2.01. The average Bonchev–Trinajstić information content (AvgIpc) is 2.94. The molecule has 0 spiro atoms. The fourth-order valence-corrected chi connectivity index (χ4v) is 2.64. The zero-order valence-electron chi connectivity index (χ0n) is 13.1. The largest absolute Gasteiger partial charge is 0.396 e. The number of aromatic nitrogens is 1. The molecule has 0 fully saturated rings. The Morgan fingerprint density at radius 3 is 2.82 bits per heavy atom. The van der Waals surface area contributed by atoms with E-state index in [0.29, 0.717) is 19.0 Å². The van der Waals surface area contributed by atoms with Crippen LogP contribution in [0.2, 0.25) is 0 Å². The molecule has 22 heavy (non-hydrogen) atoms. The maximum Gasteiger partial charge on any atom is 0.315 e. The van der Waals surface area contributed by atoms with Gasteiger partial charge in [-0.1, -0.05) is 31.5 Å². The van der Waals surface area contributed by atoms with Gasteiger partial charge in [0.2, 0.25) is 0 Å². The van der Waals surface area contributed by atoms with Crippen molar-refractivity contribution in [1.82, 2.24) is 15.6 Å². The van der Waals surface area contributed by atoms with E-state index < -0.39 is 0 Å². The second kappa shape index (κ2) is 8.44. The van der Waals surface area contributed by atoms with E-state index in [1.54, 1.807) is 0 Å². The molecule has 1 unspecified atom stereocenters. The van der Waals surface area contributed by atoms with Gasteiger partial charge in [0.05, 0.1) is 6.54 Å². The van der Waals surface area contributed by atoms with Gasteiger partial charge in [0.15, 0.2) is 0 Å². The Bertz CT molecular complexity index is 555. The highest BCUT2D eigenvalue weighted by atomic mass is 16.3. The monoisotopic (exact) mass is 303 g/mol. The van der Waals surface area contributed by atoms with Gasteiger partial charge in [-0.05, 0) is 36.3 Å². The van der Waals surface area contributed by atoms with Gasteiger partial charge >= 0.3 is 6.03 Å². The lowest BCUT2D eigenvalue weighted by molar-refractivity contribution is 0.229. The van der Waals surface area contributed by atoms with Crippen LogP contribution in [0.3, 0.4) is 0 Å². The van der Waals surface area contributed by atoms with Crippen LogP contribution in [0.15, 0.2) is 30.3 Å². The summed E-state index contributed by atoms with van der Waals surface area (Å²) in [5.74, 6) is 0.342. The number of para-hydroxylation sites is 1. The minimum atomic E-state index is -0.169. The molecule has 120 valence electrons. The summed E-state index contributed by atoms with van der Waals surface area (Å²) in [6.45, 7) is 3.36. The summed E-state index contributed by atoms with van der Waals surface area (Å²) < 4.78 is 0. The normalized spacial score (nSPS) is 12.3. The molecule has 0 aliphatic rings. The van der Waals surface area contributed by atoms with Crippen molar-refractivity contribution < 1.29 is 9.90 Å². The number of aliphatic hydroxyl groups excluding tert-OH is 1.